The van der Waals surface area contributed by atoms with Crippen molar-refractivity contribution >= 4 is 23.2 Å². The second-order valence-corrected chi connectivity index (χ2v) is 9.16. The Morgan fingerprint density at radius 1 is 1.19 bits per heavy atom. The molecule has 0 radical (unpaired) electrons. The molecule has 4 fully saturated rings. The number of thiocarbonyl (C=S) groups is 1. The van der Waals surface area contributed by atoms with Crippen molar-refractivity contribution in [3.05, 3.63) is 29.8 Å². The highest BCUT2D eigenvalue weighted by molar-refractivity contribution is 7.80. The first-order valence-corrected chi connectivity index (χ1v) is 10.8. The molecule has 4 saturated carbocycles. The molecule has 4 nitrogen and oxygen atoms in total. The number of carbonyl (C=O) groups is 1. The van der Waals surface area contributed by atoms with Crippen LogP contribution < -0.4 is 15.4 Å². The van der Waals surface area contributed by atoms with Gasteiger partial charge >= 0.3 is 0 Å². The molecule has 0 spiro atoms. The van der Waals surface area contributed by atoms with Gasteiger partial charge in [-0.3, -0.25) is 10.1 Å². The fourth-order valence-electron chi connectivity index (χ4n) is 5.55. The summed E-state index contributed by atoms with van der Waals surface area (Å²) in [4.78, 5) is 12.6. The highest BCUT2D eigenvalue weighted by Crippen LogP contribution is 2.53. The number of hydrogen-bond donors (Lipinski definition) is 2. The molecule has 4 aliphatic rings. The second kappa shape index (κ2) is 7.78. The maximum absolute atomic E-state index is 12.6. The van der Waals surface area contributed by atoms with E-state index in [2.05, 4.69) is 17.6 Å². The average molecular weight is 387 g/mol. The van der Waals surface area contributed by atoms with E-state index >= 15 is 0 Å². The van der Waals surface area contributed by atoms with Crippen molar-refractivity contribution < 1.29 is 9.53 Å². The van der Waals surface area contributed by atoms with Gasteiger partial charge in [-0.05, 0) is 99.5 Å². The molecule has 0 aromatic heterocycles. The molecule has 4 aliphatic carbocycles. The van der Waals surface area contributed by atoms with Crippen LogP contribution in [0.4, 0.5) is 0 Å². The molecule has 1 atom stereocenters. The first-order chi connectivity index (χ1) is 13.0. The van der Waals surface area contributed by atoms with E-state index < -0.39 is 0 Å². The third-order valence-corrected chi connectivity index (χ3v) is 6.98. The molecule has 0 heterocycles. The van der Waals surface area contributed by atoms with Gasteiger partial charge in [0.05, 0.1) is 6.10 Å². The summed E-state index contributed by atoms with van der Waals surface area (Å²) in [7, 11) is 0. The highest BCUT2D eigenvalue weighted by Gasteiger charge is 2.48. The molecule has 1 aromatic rings. The van der Waals surface area contributed by atoms with Crippen LogP contribution in [0, 0.1) is 23.7 Å². The molecular weight excluding hydrogens is 356 g/mol. The van der Waals surface area contributed by atoms with Gasteiger partial charge in [0.25, 0.3) is 5.91 Å². The summed E-state index contributed by atoms with van der Waals surface area (Å²) in [6.07, 6.45) is 7.81. The predicted molar refractivity (Wildman–Crippen MR) is 111 cm³/mol. The molecule has 27 heavy (non-hydrogen) atoms. The van der Waals surface area contributed by atoms with E-state index in [9.17, 15) is 4.79 Å². The largest absolute Gasteiger partial charge is 0.491 e. The van der Waals surface area contributed by atoms with Crippen LogP contribution in [0.3, 0.4) is 0 Å². The van der Waals surface area contributed by atoms with Crippen molar-refractivity contribution in [3.63, 3.8) is 0 Å². The van der Waals surface area contributed by atoms with Crippen LogP contribution >= 0.6 is 12.2 Å². The highest BCUT2D eigenvalue weighted by atomic mass is 32.1. The molecule has 1 unspecified atom stereocenters. The zero-order chi connectivity index (χ0) is 19.0. The molecule has 2 N–H and O–H groups in total. The number of carbonyl (C=O) groups excluding carboxylic acids is 1. The average Bonchev–Trinajstić information content (AvgIpc) is 2.64. The lowest BCUT2D eigenvalue weighted by Crippen LogP contribution is -2.57. The number of amides is 1. The standard InChI is InChI=1S/C22H30N2O2S/c1-3-13(2)26-19-6-4-5-16(12-19)21(25)24-22(27)23-20-17-8-14-7-15(10-17)11-18(20)9-14/h4-6,12-15,17-18,20H,3,7-11H2,1-2H3,(H2,23,24,25,27). The molecule has 146 valence electrons. The number of hydrogen-bond acceptors (Lipinski definition) is 3. The van der Waals surface area contributed by atoms with Gasteiger partial charge in [0.1, 0.15) is 5.75 Å². The van der Waals surface area contributed by atoms with Crippen molar-refractivity contribution in [3.8, 4) is 5.75 Å². The quantitative estimate of drug-likeness (QED) is 0.741. The fraction of sp³-hybridized carbons (Fsp3) is 0.636. The minimum Gasteiger partial charge on any atom is -0.491 e. The molecule has 4 bridgehead atoms. The van der Waals surface area contributed by atoms with E-state index in [4.69, 9.17) is 17.0 Å². The Bertz CT molecular complexity index is 692. The van der Waals surface area contributed by atoms with Crippen LogP contribution in [0.15, 0.2) is 24.3 Å². The van der Waals surface area contributed by atoms with Crippen LogP contribution in [0.5, 0.6) is 5.75 Å². The minimum absolute atomic E-state index is 0.128. The van der Waals surface area contributed by atoms with Crippen LogP contribution in [-0.2, 0) is 0 Å². The second-order valence-electron chi connectivity index (χ2n) is 8.75. The summed E-state index contributed by atoms with van der Waals surface area (Å²) >= 11 is 5.48. The van der Waals surface area contributed by atoms with E-state index in [1.807, 2.05) is 19.1 Å². The van der Waals surface area contributed by atoms with Gasteiger partial charge in [-0.15, -0.1) is 0 Å². The lowest BCUT2D eigenvalue weighted by Gasteiger charge is -2.54. The zero-order valence-corrected chi connectivity index (χ0v) is 17.1. The van der Waals surface area contributed by atoms with Crippen LogP contribution in [0.2, 0.25) is 0 Å². The van der Waals surface area contributed by atoms with Crippen LogP contribution in [-0.4, -0.2) is 23.2 Å². The Labute approximate surface area is 167 Å². The summed E-state index contributed by atoms with van der Waals surface area (Å²) in [5.74, 6) is 3.86. The van der Waals surface area contributed by atoms with Crippen molar-refractivity contribution in [2.45, 2.75) is 64.5 Å². The molecule has 1 amide bonds. The summed E-state index contributed by atoms with van der Waals surface area (Å²) in [5.41, 5.74) is 0.574. The van der Waals surface area contributed by atoms with Gasteiger partial charge in [-0.2, -0.15) is 0 Å². The normalized spacial score (nSPS) is 32.0. The number of rotatable bonds is 5. The predicted octanol–water partition coefficient (Wildman–Crippen LogP) is 4.29. The van der Waals surface area contributed by atoms with Crippen molar-refractivity contribution in [2.24, 2.45) is 23.7 Å². The lowest BCUT2D eigenvalue weighted by atomic mass is 9.54. The number of benzene rings is 1. The lowest BCUT2D eigenvalue weighted by molar-refractivity contribution is -0.00692. The summed E-state index contributed by atoms with van der Waals surface area (Å²) < 4.78 is 5.82. The van der Waals surface area contributed by atoms with Crippen molar-refractivity contribution in [1.29, 1.82) is 0 Å². The smallest absolute Gasteiger partial charge is 0.257 e. The van der Waals surface area contributed by atoms with E-state index in [0.717, 1.165) is 35.8 Å². The molecule has 0 saturated heterocycles. The summed E-state index contributed by atoms with van der Waals surface area (Å²) in [6.45, 7) is 4.10. The van der Waals surface area contributed by atoms with Crippen molar-refractivity contribution in [2.75, 3.05) is 0 Å². The summed E-state index contributed by atoms with van der Waals surface area (Å²) in [6, 6.07) is 7.75. The van der Waals surface area contributed by atoms with Gasteiger partial charge in [-0.1, -0.05) is 13.0 Å². The molecule has 5 heteroatoms. The van der Waals surface area contributed by atoms with Gasteiger partial charge < -0.3 is 10.1 Å². The molecule has 1 aromatic carbocycles. The molecule has 5 rings (SSSR count). The minimum atomic E-state index is -0.175. The van der Waals surface area contributed by atoms with E-state index in [-0.39, 0.29) is 12.0 Å². The van der Waals surface area contributed by atoms with E-state index in [1.54, 1.807) is 12.1 Å². The third kappa shape index (κ3) is 4.13. The Morgan fingerprint density at radius 3 is 2.48 bits per heavy atom. The Balaban J connectivity index is 1.34. The SMILES string of the molecule is CCC(C)Oc1cccc(C(=O)NC(=S)NC2C3CC4CC(C3)CC2C4)c1. The first-order valence-electron chi connectivity index (χ1n) is 10.4. The maximum Gasteiger partial charge on any atom is 0.257 e. The Kier molecular flexibility index (Phi) is 5.40. The van der Waals surface area contributed by atoms with E-state index in [0.29, 0.717) is 16.7 Å². The molecular formula is C22H30N2O2S. The maximum atomic E-state index is 12.6. The Hall–Kier alpha value is -1.62. The number of ether oxygens (including phenoxy) is 1. The van der Waals surface area contributed by atoms with Crippen LogP contribution in [0.1, 0.15) is 62.7 Å². The topological polar surface area (TPSA) is 50.4 Å². The van der Waals surface area contributed by atoms with E-state index in [1.165, 1.54) is 32.1 Å². The zero-order valence-electron chi connectivity index (χ0n) is 16.2. The monoisotopic (exact) mass is 386 g/mol. The van der Waals surface area contributed by atoms with Gasteiger partial charge in [-0.25, -0.2) is 0 Å². The van der Waals surface area contributed by atoms with Crippen LogP contribution in [0.25, 0.3) is 0 Å². The third-order valence-electron chi connectivity index (χ3n) is 6.76. The van der Waals surface area contributed by atoms with Crippen molar-refractivity contribution in [1.82, 2.24) is 10.6 Å². The van der Waals surface area contributed by atoms with Gasteiger partial charge in [0.2, 0.25) is 0 Å². The first kappa shape index (κ1) is 18.7. The van der Waals surface area contributed by atoms with Gasteiger partial charge in [0.15, 0.2) is 5.11 Å². The summed E-state index contributed by atoms with van der Waals surface area (Å²) in [5, 5.41) is 6.83. The molecule has 0 aliphatic heterocycles. The Morgan fingerprint density at radius 2 is 1.85 bits per heavy atom. The number of nitrogens with one attached hydrogen (secondary N) is 2. The fourth-order valence-corrected chi connectivity index (χ4v) is 5.78. The van der Waals surface area contributed by atoms with Gasteiger partial charge in [0, 0.05) is 11.6 Å².